The van der Waals surface area contributed by atoms with Gasteiger partial charge in [-0.05, 0) is 31.7 Å². The molecule has 1 saturated heterocycles. The van der Waals surface area contributed by atoms with E-state index in [1.165, 1.54) is 0 Å². The molecule has 1 aliphatic heterocycles. The normalized spacial score (nSPS) is 22.1. The lowest BCUT2D eigenvalue weighted by atomic mass is 10.1. The third-order valence-electron chi connectivity index (χ3n) is 2.88. The Morgan fingerprint density at radius 2 is 2.27 bits per heavy atom. The van der Waals surface area contributed by atoms with E-state index in [9.17, 15) is 0 Å². The highest BCUT2D eigenvalue weighted by Crippen LogP contribution is 2.15. The molecule has 0 amide bonds. The van der Waals surface area contributed by atoms with Crippen LogP contribution in [0.3, 0.4) is 0 Å². The maximum absolute atomic E-state index is 8.88. The zero-order chi connectivity index (χ0) is 11.1. The van der Waals surface area contributed by atoms with Gasteiger partial charge in [0.05, 0.1) is 18.7 Å². The summed E-state index contributed by atoms with van der Waals surface area (Å²) in [6.07, 6.45) is 3.31. The molecule has 0 aromatic heterocycles. The van der Waals surface area contributed by atoms with Crippen molar-refractivity contribution in [2.24, 2.45) is 5.92 Å². The molecule has 0 saturated carbocycles. The summed E-state index contributed by atoms with van der Waals surface area (Å²) in [6, 6.07) is 2.48. The Labute approximate surface area is 93.0 Å². The second kappa shape index (κ2) is 6.81. The Kier molecular flexibility index (Phi) is 5.67. The summed E-state index contributed by atoms with van der Waals surface area (Å²) in [5, 5.41) is 8.88. The van der Waals surface area contributed by atoms with E-state index in [0.29, 0.717) is 5.92 Å². The Bertz CT molecular complexity index is 210. The van der Waals surface area contributed by atoms with Crippen LogP contribution in [0.4, 0.5) is 0 Å². The minimum Gasteiger partial charge on any atom is -0.380 e. The first-order valence-electron chi connectivity index (χ1n) is 5.95. The maximum atomic E-state index is 8.88. The summed E-state index contributed by atoms with van der Waals surface area (Å²) in [4.78, 5) is 2.23. The van der Waals surface area contributed by atoms with Crippen LogP contribution < -0.4 is 0 Å². The number of hydrogen-bond donors (Lipinski definition) is 0. The van der Waals surface area contributed by atoms with E-state index >= 15 is 0 Å². The molecule has 1 unspecified atom stereocenters. The van der Waals surface area contributed by atoms with E-state index < -0.39 is 0 Å². The van der Waals surface area contributed by atoms with Crippen LogP contribution >= 0.6 is 0 Å². The van der Waals surface area contributed by atoms with Crippen LogP contribution in [-0.4, -0.2) is 37.2 Å². The lowest BCUT2D eigenvalue weighted by Gasteiger charge is -2.18. The molecule has 1 atom stereocenters. The average molecular weight is 210 g/mol. The number of ether oxygens (including phenoxy) is 1. The van der Waals surface area contributed by atoms with E-state index in [1.54, 1.807) is 0 Å². The van der Waals surface area contributed by atoms with Gasteiger partial charge >= 0.3 is 0 Å². The lowest BCUT2D eigenvalue weighted by Crippen LogP contribution is -2.31. The molecule has 1 rings (SSSR count). The third kappa shape index (κ3) is 4.63. The fourth-order valence-corrected chi connectivity index (χ4v) is 1.84. The minimum atomic E-state index is 0.138. The molecule has 0 aromatic carbocycles. The van der Waals surface area contributed by atoms with Gasteiger partial charge in [-0.15, -0.1) is 0 Å². The first-order chi connectivity index (χ1) is 7.24. The quantitative estimate of drug-likeness (QED) is 0.629. The van der Waals surface area contributed by atoms with E-state index in [-0.39, 0.29) is 6.04 Å². The molecule has 86 valence electrons. The molecule has 0 bridgehead atoms. The second-order valence-corrected chi connectivity index (χ2v) is 4.62. The molecule has 3 heteroatoms. The van der Waals surface area contributed by atoms with Gasteiger partial charge in [-0.3, -0.25) is 4.90 Å². The van der Waals surface area contributed by atoms with Crippen LogP contribution in [0.5, 0.6) is 0 Å². The van der Waals surface area contributed by atoms with Crippen LogP contribution in [-0.2, 0) is 4.74 Å². The van der Waals surface area contributed by atoms with Gasteiger partial charge in [-0.25, -0.2) is 0 Å². The molecule has 3 nitrogen and oxygen atoms in total. The number of likely N-dealkylation sites (tertiary alicyclic amines) is 1. The molecule has 0 aromatic rings. The van der Waals surface area contributed by atoms with Crippen molar-refractivity contribution in [2.45, 2.75) is 39.2 Å². The van der Waals surface area contributed by atoms with Crippen LogP contribution in [0.25, 0.3) is 0 Å². The zero-order valence-electron chi connectivity index (χ0n) is 9.91. The van der Waals surface area contributed by atoms with E-state index in [0.717, 1.165) is 45.6 Å². The smallest absolute Gasteiger partial charge is 0.0979 e. The molecule has 0 radical (unpaired) electrons. The number of nitrogens with zero attached hydrogens (tertiary/aromatic N) is 2. The van der Waals surface area contributed by atoms with Gasteiger partial charge in [0.1, 0.15) is 0 Å². The largest absolute Gasteiger partial charge is 0.380 e. The van der Waals surface area contributed by atoms with E-state index in [4.69, 9.17) is 10.00 Å². The molecule has 15 heavy (non-hydrogen) atoms. The van der Waals surface area contributed by atoms with Gasteiger partial charge in [0.2, 0.25) is 0 Å². The van der Waals surface area contributed by atoms with Crippen LogP contribution in [0.1, 0.15) is 33.1 Å². The standard InChI is InChI=1S/C12H22N2O/c1-11(2)5-8-15-9-7-14-6-3-4-12(14)10-13/h11-12H,3-9H2,1-2H3. The first-order valence-corrected chi connectivity index (χ1v) is 5.95. The van der Waals surface area contributed by atoms with Crippen molar-refractivity contribution < 1.29 is 4.74 Å². The van der Waals surface area contributed by atoms with Crippen molar-refractivity contribution in [1.29, 1.82) is 5.26 Å². The average Bonchev–Trinajstić information content (AvgIpc) is 2.64. The molecule has 0 aliphatic carbocycles. The Morgan fingerprint density at radius 3 is 2.93 bits per heavy atom. The van der Waals surface area contributed by atoms with E-state index in [2.05, 4.69) is 24.8 Å². The van der Waals surface area contributed by atoms with Gasteiger partial charge < -0.3 is 4.74 Å². The Morgan fingerprint density at radius 1 is 1.47 bits per heavy atom. The Balaban J connectivity index is 2.02. The summed E-state index contributed by atoms with van der Waals surface area (Å²) in [7, 11) is 0. The summed E-state index contributed by atoms with van der Waals surface area (Å²) >= 11 is 0. The third-order valence-corrected chi connectivity index (χ3v) is 2.88. The fraction of sp³-hybridized carbons (Fsp3) is 0.917. The van der Waals surface area contributed by atoms with Gasteiger partial charge in [-0.1, -0.05) is 13.8 Å². The van der Waals surface area contributed by atoms with Crippen molar-refractivity contribution >= 4 is 0 Å². The highest BCUT2D eigenvalue weighted by Gasteiger charge is 2.23. The summed E-state index contributed by atoms with van der Waals surface area (Å²) in [6.45, 7) is 8.00. The second-order valence-electron chi connectivity index (χ2n) is 4.62. The van der Waals surface area contributed by atoms with Gasteiger partial charge in [0.15, 0.2) is 0 Å². The lowest BCUT2D eigenvalue weighted by molar-refractivity contribution is 0.0977. The topological polar surface area (TPSA) is 36.3 Å². The fourth-order valence-electron chi connectivity index (χ4n) is 1.84. The molecule has 1 aliphatic rings. The number of rotatable bonds is 6. The molecule has 0 spiro atoms. The van der Waals surface area contributed by atoms with Crippen LogP contribution in [0, 0.1) is 17.2 Å². The van der Waals surface area contributed by atoms with Crippen LogP contribution in [0.15, 0.2) is 0 Å². The molecule has 0 N–H and O–H groups in total. The van der Waals surface area contributed by atoms with Crippen molar-refractivity contribution in [2.75, 3.05) is 26.3 Å². The van der Waals surface area contributed by atoms with Gasteiger partial charge in [-0.2, -0.15) is 5.26 Å². The van der Waals surface area contributed by atoms with Crippen molar-refractivity contribution in [3.05, 3.63) is 0 Å². The molecule has 1 fully saturated rings. The number of nitriles is 1. The van der Waals surface area contributed by atoms with Gasteiger partial charge in [0, 0.05) is 13.2 Å². The van der Waals surface area contributed by atoms with E-state index in [1.807, 2.05) is 0 Å². The molecule has 1 heterocycles. The summed E-state index contributed by atoms with van der Waals surface area (Å²) in [5.74, 6) is 0.712. The highest BCUT2D eigenvalue weighted by atomic mass is 16.5. The summed E-state index contributed by atoms with van der Waals surface area (Å²) in [5.41, 5.74) is 0. The van der Waals surface area contributed by atoms with Crippen molar-refractivity contribution in [1.82, 2.24) is 4.90 Å². The van der Waals surface area contributed by atoms with Crippen molar-refractivity contribution in [3.63, 3.8) is 0 Å². The zero-order valence-corrected chi connectivity index (χ0v) is 9.91. The monoisotopic (exact) mass is 210 g/mol. The SMILES string of the molecule is CC(C)CCOCCN1CCCC1C#N. The highest BCUT2D eigenvalue weighted by molar-refractivity contribution is 4.95. The Hall–Kier alpha value is -0.590. The number of hydrogen-bond acceptors (Lipinski definition) is 3. The minimum absolute atomic E-state index is 0.138. The maximum Gasteiger partial charge on any atom is 0.0979 e. The van der Waals surface area contributed by atoms with Crippen LogP contribution in [0.2, 0.25) is 0 Å². The van der Waals surface area contributed by atoms with Gasteiger partial charge in [0.25, 0.3) is 0 Å². The molecular formula is C12H22N2O. The summed E-state index contributed by atoms with van der Waals surface area (Å²) < 4.78 is 5.55. The molecular weight excluding hydrogens is 188 g/mol. The van der Waals surface area contributed by atoms with Crippen molar-refractivity contribution in [3.8, 4) is 6.07 Å². The predicted octanol–water partition coefficient (Wildman–Crippen LogP) is 2.04. The predicted molar refractivity (Wildman–Crippen MR) is 60.5 cm³/mol. The first kappa shape index (κ1) is 12.5.